The SMILES string of the molecule is CC(C)C(O)CCC1CCCOC1. The minimum absolute atomic E-state index is 0.123. The maximum absolute atomic E-state index is 9.62. The third kappa shape index (κ3) is 4.10. The third-order valence-corrected chi connectivity index (χ3v) is 2.89. The highest BCUT2D eigenvalue weighted by Crippen LogP contribution is 2.21. The predicted octanol–water partition coefficient (Wildman–Crippen LogP) is 2.21. The highest BCUT2D eigenvalue weighted by atomic mass is 16.5. The average Bonchev–Trinajstić information content (AvgIpc) is 2.15. The van der Waals surface area contributed by atoms with E-state index in [0.29, 0.717) is 11.8 Å². The Morgan fingerprint density at radius 2 is 2.23 bits per heavy atom. The molecule has 2 nitrogen and oxygen atoms in total. The lowest BCUT2D eigenvalue weighted by Gasteiger charge is -2.23. The number of rotatable bonds is 4. The zero-order valence-corrected chi connectivity index (χ0v) is 8.83. The van der Waals surface area contributed by atoms with Gasteiger partial charge in [-0.3, -0.25) is 0 Å². The van der Waals surface area contributed by atoms with Gasteiger partial charge in [0.15, 0.2) is 0 Å². The van der Waals surface area contributed by atoms with E-state index in [1.807, 2.05) is 0 Å². The van der Waals surface area contributed by atoms with Crippen LogP contribution in [0.3, 0.4) is 0 Å². The van der Waals surface area contributed by atoms with Gasteiger partial charge in [0.1, 0.15) is 0 Å². The quantitative estimate of drug-likeness (QED) is 0.729. The molecule has 0 spiro atoms. The van der Waals surface area contributed by atoms with Gasteiger partial charge in [-0.1, -0.05) is 13.8 Å². The molecule has 1 saturated heterocycles. The standard InChI is InChI=1S/C11H22O2/c1-9(2)11(12)6-5-10-4-3-7-13-8-10/h9-12H,3-8H2,1-2H3. The van der Waals surface area contributed by atoms with Crippen LogP contribution in [0.5, 0.6) is 0 Å². The van der Waals surface area contributed by atoms with Crippen molar-refractivity contribution < 1.29 is 9.84 Å². The molecule has 2 atom stereocenters. The average molecular weight is 186 g/mol. The molecule has 1 N–H and O–H groups in total. The highest BCUT2D eigenvalue weighted by molar-refractivity contribution is 4.67. The van der Waals surface area contributed by atoms with Crippen molar-refractivity contribution in [2.75, 3.05) is 13.2 Å². The van der Waals surface area contributed by atoms with E-state index in [2.05, 4.69) is 13.8 Å². The van der Waals surface area contributed by atoms with Crippen LogP contribution in [0, 0.1) is 11.8 Å². The van der Waals surface area contributed by atoms with Gasteiger partial charge in [0.25, 0.3) is 0 Å². The summed E-state index contributed by atoms with van der Waals surface area (Å²) in [6.45, 7) is 5.98. The molecule has 2 unspecified atom stereocenters. The molecular weight excluding hydrogens is 164 g/mol. The van der Waals surface area contributed by atoms with Gasteiger partial charge in [0, 0.05) is 13.2 Å². The van der Waals surface area contributed by atoms with Gasteiger partial charge in [-0.25, -0.2) is 0 Å². The molecule has 1 rings (SSSR count). The Morgan fingerprint density at radius 3 is 2.77 bits per heavy atom. The highest BCUT2D eigenvalue weighted by Gasteiger charge is 2.16. The molecule has 0 aromatic heterocycles. The van der Waals surface area contributed by atoms with Crippen LogP contribution in [0.2, 0.25) is 0 Å². The minimum atomic E-state index is -0.123. The first-order valence-electron chi connectivity index (χ1n) is 5.46. The van der Waals surface area contributed by atoms with Gasteiger partial charge in [-0.05, 0) is 37.5 Å². The molecule has 0 saturated carbocycles. The molecule has 78 valence electrons. The van der Waals surface area contributed by atoms with Gasteiger partial charge in [0.2, 0.25) is 0 Å². The van der Waals surface area contributed by atoms with Crippen molar-refractivity contribution in [1.82, 2.24) is 0 Å². The summed E-state index contributed by atoms with van der Waals surface area (Å²) in [4.78, 5) is 0. The van der Waals surface area contributed by atoms with Crippen LogP contribution in [-0.2, 0) is 4.74 Å². The maximum atomic E-state index is 9.62. The zero-order chi connectivity index (χ0) is 9.68. The molecule has 1 aliphatic rings. The number of aliphatic hydroxyl groups excluding tert-OH is 1. The van der Waals surface area contributed by atoms with E-state index in [-0.39, 0.29) is 6.10 Å². The molecule has 0 aliphatic carbocycles. The van der Waals surface area contributed by atoms with Gasteiger partial charge in [-0.2, -0.15) is 0 Å². The fraction of sp³-hybridized carbons (Fsp3) is 1.00. The molecular formula is C11H22O2. The predicted molar refractivity (Wildman–Crippen MR) is 53.6 cm³/mol. The zero-order valence-electron chi connectivity index (χ0n) is 8.83. The largest absolute Gasteiger partial charge is 0.393 e. The third-order valence-electron chi connectivity index (χ3n) is 2.89. The molecule has 1 fully saturated rings. The summed E-state index contributed by atoms with van der Waals surface area (Å²) >= 11 is 0. The first-order chi connectivity index (χ1) is 6.20. The Kier molecular flexibility index (Phi) is 4.74. The second kappa shape index (κ2) is 5.61. The summed E-state index contributed by atoms with van der Waals surface area (Å²) in [6.07, 6.45) is 4.42. The summed E-state index contributed by atoms with van der Waals surface area (Å²) in [5.74, 6) is 1.09. The van der Waals surface area contributed by atoms with Crippen molar-refractivity contribution >= 4 is 0 Å². The van der Waals surface area contributed by atoms with Gasteiger partial charge >= 0.3 is 0 Å². The van der Waals surface area contributed by atoms with Crippen LogP contribution < -0.4 is 0 Å². The minimum Gasteiger partial charge on any atom is -0.393 e. The Labute approximate surface area is 81.3 Å². The Hall–Kier alpha value is -0.0800. The lowest BCUT2D eigenvalue weighted by Crippen LogP contribution is -2.21. The summed E-state index contributed by atoms with van der Waals surface area (Å²) in [6, 6.07) is 0. The molecule has 0 radical (unpaired) electrons. The monoisotopic (exact) mass is 186 g/mol. The first-order valence-corrected chi connectivity index (χ1v) is 5.46. The van der Waals surface area contributed by atoms with E-state index in [9.17, 15) is 5.11 Å². The van der Waals surface area contributed by atoms with Gasteiger partial charge < -0.3 is 9.84 Å². The van der Waals surface area contributed by atoms with Crippen LogP contribution in [0.15, 0.2) is 0 Å². The van der Waals surface area contributed by atoms with Crippen LogP contribution >= 0.6 is 0 Å². The number of hydrogen-bond acceptors (Lipinski definition) is 2. The van der Waals surface area contributed by atoms with E-state index >= 15 is 0 Å². The molecule has 0 aromatic carbocycles. The van der Waals surface area contributed by atoms with Crippen molar-refractivity contribution in [3.05, 3.63) is 0 Å². The van der Waals surface area contributed by atoms with Crippen molar-refractivity contribution in [2.24, 2.45) is 11.8 Å². The van der Waals surface area contributed by atoms with E-state index in [1.54, 1.807) is 0 Å². The van der Waals surface area contributed by atoms with E-state index < -0.39 is 0 Å². The summed E-state index contributed by atoms with van der Waals surface area (Å²) in [5.41, 5.74) is 0. The second-order valence-corrected chi connectivity index (χ2v) is 4.47. The van der Waals surface area contributed by atoms with Crippen molar-refractivity contribution in [2.45, 2.75) is 45.6 Å². The Morgan fingerprint density at radius 1 is 1.46 bits per heavy atom. The molecule has 2 heteroatoms. The smallest absolute Gasteiger partial charge is 0.0563 e. The van der Waals surface area contributed by atoms with E-state index in [4.69, 9.17) is 4.74 Å². The maximum Gasteiger partial charge on any atom is 0.0563 e. The first kappa shape index (κ1) is 11.0. The van der Waals surface area contributed by atoms with Crippen LogP contribution in [0.4, 0.5) is 0 Å². The fourth-order valence-electron chi connectivity index (χ4n) is 1.77. The summed E-state index contributed by atoms with van der Waals surface area (Å²) < 4.78 is 5.39. The topological polar surface area (TPSA) is 29.5 Å². The van der Waals surface area contributed by atoms with Crippen LogP contribution in [-0.4, -0.2) is 24.4 Å². The van der Waals surface area contributed by atoms with Crippen LogP contribution in [0.1, 0.15) is 39.5 Å². The van der Waals surface area contributed by atoms with Crippen molar-refractivity contribution in [1.29, 1.82) is 0 Å². The Balaban J connectivity index is 2.10. The summed E-state index contributed by atoms with van der Waals surface area (Å²) in [5, 5.41) is 9.62. The van der Waals surface area contributed by atoms with Gasteiger partial charge in [0.05, 0.1) is 6.10 Å². The number of aliphatic hydroxyl groups is 1. The molecule has 0 aromatic rings. The number of ether oxygens (including phenoxy) is 1. The molecule has 1 heterocycles. The lowest BCUT2D eigenvalue weighted by atomic mass is 9.92. The molecule has 13 heavy (non-hydrogen) atoms. The van der Waals surface area contributed by atoms with Gasteiger partial charge in [-0.15, -0.1) is 0 Å². The second-order valence-electron chi connectivity index (χ2n) is 4.47. The molecule has 0 bridgehead atoms. The molecule has 1 aliphatic heterocycles. The summed E-state index contributed by atoms with van der Waals surface area (Å²) in [7, 11) is 0. The number of hydrogen-bond donors (Lipinski definition) is 1. The normalized spacial score (nSPS) is 26.3. The van der Waals surface area contributed by atoms with E-state index in [0.717, 1.165) is 26.1 Å². The van der Waals surface area contributed by atoms with Crippen molar-refractivity contribution in [3.8, 4) is 0 Å². The van der Waals surface area contributed by atoms with E-state index in [1.165, 1.54) is 12.8 Å². The van der Waals surface area contributed by atoms with Crippen LogP contribution in [0.25, 0.3) is 0 Å². The fourth-order valence-corrected chi connectivity index (χ4v) is 1.77. The Bertz CT molecular complexity index is 128. The lowest BCUT2D eigenvalue weighted by molar-refractivity contribution is 0.0393. The van der Waals surface area contributed by atoms with Crippen molar-refractivity contribution in [3.63, 3.8) is 0 Å². The molecule has 0 amide bonds.